The fourth-order valence-electron chi connectivity index (χ4n) is 4.02. The molecule has 4 rings (SSSR count). The van der Waals surface area contributed by atoms with Crippen LogP contribution in [0.2, 0.25) is 0 Å². The number of carbonyl (C=O) groups excluding carboxylic acids is 2. The number of anilines is 1. The number of methoxy groups -OCH3 is 1. The van der Waals surface area contributed by atoms with Gasteiger partial charge < -0.3 is 10.1 Å². The first kappa shape index (κ1) is 20.6. The molecule has 30 heavy (non-hydrogen) atoms. The van der Waals surface area contributed by atoms with Crippen molar-refractivity contribution in [3.63, 3.8) is 0 Å². The number of piperidine rings is 1. The second-order valence-corrected chi connectivity index (χ2v) is 9.58. The number of hydrogen-bond acceptors (Lipinski definition) is 5. The fraction of sp³-hybridized carbons (Fsp3) is 0.364. The Balaban J connectivity index is 1.44. The van der Waals surface area contributed by atoms with E-state index in [0.717, 1.165) is 5.56 Å². The number of benzene rings is 2. The third-order valence-electron chi connectivity index (χ3n) is 5.81. The highest BCUT2D eigenvalue weighted by Gasteiger charge is 2.33. The molecule has 1 amide bonds. The van der Waals surface area contributed by atoms with E-state index in [9.17, 15) is 18.0 Å². The molecule has 2 aromatic carbocycles. The molecule has 0 aliphatic carbocycles. The van der Waals surface area contributed by atoms with Gasteiger partial charge in [0.25, 0.3) is 0 Å². The lowest BCUT2D eigenvalue weighted by Gasteiger charge is -2.31. The summed E-state index contributed by atoms with van der Waals surface area (Å²) in [4.78, 5) is 24.5. The van der Waals surface area contributed by atoms with Crippen LogP contribution in [0.15, 0.2) is 47.4 Å². The van der Waals surface area contributed by atoms with Gasteiger partial charge in [0.05, 0.1) is 12.0 Å². The van der Waals surface area contributed by atoms with Gasteiger partial charge in [-0.3, -0.25) is 9.59 Å². The van der Waals surface area contributed by atoms with Crippen LogP contribution in [0.4, 0.5) is 5.69 Å². The van der Waals surface area contributed by atoms with E-state index in [1.807, 2.05) is 0 Å². The minimum absolute atomic E-state index is 0.0409. The Morgan fingerprint density at radius 2 is 1.77 bits per heavy atom. The third kappa shape index (κ3) is 3.97. The van der Waals surface area contributed by atoms with Crippen LogP contribution in [0.3, 0.4) is 0 Å². The second-order valence-electron chi connectivity index (χ2n) is 7.64. The molecular formula is C22H24N2O5S. The Bertz CT molecular complexity index is 1070. The van der Waals surface area contributed by atoms with Crippen LogP contribution in [-0.2, 0) is 21.2 Å². The Morgan fingerprint density at radius 1 is 1.07 bits per heavy atom. The van der Waals surface area contributed by atoms with Crippen molar-refractivity contribution in [2.45, 2.75) is 30.6 Å². The number of ether oxygens (including phenoxy) is 1. The molecule has 1 fully saturated rings. The van der Waals surface area contributed by atoms with Crippen molar-refractivity contribution in [2.75, 3.05) is 25.5 Å². The van der Waals surface area contributed by atoms with Crippen molar-refractivity contribution in [3.05, 3.63) is 53.6 Å². The van der Waals surface area contributed by atoms with Crippen LogP contribution in [0.25, 0.3) is 0 Å². The molecule has 2 aliphatic rings. The van der Waals surface area contributed by atoms with Crippen molar-refractivity contribution in [2.24, 2.45) is 5.92 Å². The molecular weight excluding hydrogens is 404 g/mol. The average molecular weight is 429 g/mol. The van der Waals surface area contributed by atoms with E-state index in [4.69, 9.17) is 4.74 Å². The summed E-state index contributed by atoms with van der Waals surface area (Å²) >= 11 is 0. The van der Waals surface area contributed by atoms with E-state index >= 15 is 0 Å². The summed E-state index contributed by atoms with van der Waals surface area (Å²) in [6.07, 6.45) is 1.87. The number of ketones is 1. The summed E-state index contributed by atoms with van der Waals surface area (Å²) in [6.45, 7) is 0.616. The number of nitrogens with zero attached hydrogens (tertiary/aromatic N) is 1. The van der Waals surface area contributed by atoms with Gasteiger partial charge in [-0.15, -0.1) is 0 Å². The molecule has 0 aromatic heterocycles. The predicted molar refractivity (Wildman–Crippen MR) is 112 cm³/mol. The largest absolute Gasteiger partial charge is 0.497 e. The van der Waals surface area contributed by atoms with Crippen molar-refractivity contribution < 1.29 is 22.7 Å². The highest BCUT2D eigenvalue weighted by Crippen LogP contribution is 2.30. The molecule has 0 saturated carbocycles. The SMILES string of the molecule is COc1ccc(C(=O)C2CCN(S(=O)(=O)c3ccc4c(c3)CCC(=O)N4)CC2)cc1. The smallest absolute Gasteiger partial charge is 0.243 e. The van der Waals surface area contributed by atoms with Gasteiger partial charge in [0, 0.05) is 36.7 Å². The third-order valence-corrected chi connectivity index (χ3v) is 7.70. The zero-order chi connectivity index (χ0) is 21.3. The van der Waals surface area contributed by atoms with Gasteiger partial charge in [0.1, 0.15) is 5.75 Å². The van der Waals surface area contributed by atoms with Gasteiger partial charge in [-0.1, -0.05) is 0 Å². The Morgan fingerprint density at radius 3 is 2.43 bits per heavy atom. The molecule has 0 unspecified atom stereocenters. The van der Waals surface area contributed by atoms with Crippen molar-refractivity contribution in [3.8, 4) is 5.75 Å². The molecule has 2 aliphatic heterocycles. The predicted octanol–water partition coefficient (Wildman–Crippen LogP) is 2.86. The first-order valence-corrected chi connectivity index (χ1v) is 11.4. The first-order chi connectivity index (χ1) is 14.4. The number of Topliss-reactive ketones (excluding diaryl/α,β-unsaturated/α-hetero) is 1. The zero-order valence-corrected chi connectivity index (χ0v) is 17.6. The monoisotopic (exact) mass is 428 g/mol. The highest BCUT2D eigenvalue weighted by molar-refractivity contribution is 7.89. The number of fused-ring (bicyclic) bond motifs is 1. The lowest BCUT2D eigenvalue weighted by molar-refractivity contribution is -0.116. The van der Waals surface area contributed by atoms with Crippen LogP contribution in [0.1, 0.15) is 35.2 Å². The van der Waals surface area contributed by atoms with E-state index in [1.54, 1.807) is 43.5 Å². The van der Waals surface area contributed by atoms with Crippen LogP contribution in [-0.4, -0.2) is 44.6 Å². The molecule has 2 heterocycles. The summed E-state index contributed by atoms with van der Waals surface area (Å²) in [7, 11) is -2.06. The topological polar surface area (TPSA) is 92.8 Å². The number of hydrogen-bond donors (Lipinski definition) is 1. The normalized spacial score (nSPS) is 17.8. The molecule has 0 atom stereocenters. The molecule has 158 valence electrons. The minimum Gasteiger partial charge on any atom is -0.497 e. The van der Waals surface area contributed by atoms with Gasteiger partial charge in [0.15, 0.2) is 5.78 Å². The molecule has 7 nitrogen and oxygen atoms in total. The quantitative estimate of drug-likeness (QED) is 0.740. The number of carbonyl (C=O) groups is 2. The Labute approximate surface area is 176 Å². The van der Waals surface area contributed by atoms with E-state index in [-0.39, 0.29) is 22.5 Å². The molecule has 8 heteroatoms. The van der Waals surface area contributed by atoms with Crippen LogP contribution < -0.4 is 10.1 Å². The van der Waals surface area contributed by atoms with Gasteiger partial charge >= 0.3 is 0 Å². The van der Waals surface area contributed by atoms with E-state index in [0.29, 0.717) is 55.8 Å². The number of nitrogens with one attached hydrogen (secondary N) is 1. The summed E-state index contributed by atoms with van der Waals surface area (Å²) in [6, 6.07) is 11.8. The van der Waals surface area contributed by atoms with Crippen molar-refractivity contribution in [1.29, 1.82) is 0 Å². The summed E-state index contributed by atoms with van der Waals surface area (Å²) < 4.78 is 32.8. The Hall–Kier alpha value is -2.71. The molecule has 0 radical (unpaired) electrons. The standard InChI is InChI=1S/C22H24N2O5S/c1-29-18-5-2-15(3-6-18)22(26)16-10-12-24(13-11-16)30(27,28)19-7-8-20-17(14-19)4-9-21(25)23-20/h2-3,5-8,14,16H,4,9-13H2,1H3,(H,23,25). The van der Waals surface area contributed by atoms with Gasteiger partial charge in [0.2, 0.25) is 15.9 Å². The van der Waals surface area contributed by atoms with Crippen molar-refractivity contribution in [1.82, 2.24) is 4.31 Å². The van der Waals surface area contributed by atoms with Crippen molar-refractivity contribution >= 4 is 27.4 Å². The summed E-state index contributed by atoms with van der Waals surface area (Å²) in [5, 5.41) is 2.77. The van der Waals surface area contributed by atoms with Gasteiger partial charge in [-0.25, -0.2) is 8.42 Å². The molecule has 0 spiro atoms. The molecule has 1 saturated heterocycles. The maximum atomic E-state index is 13.1. The highest BCUT2D eigenvalue weighted by atomic mass is 32.2. The lowest BCUT2D eigenvalue weighted by Crippen LogP contribution is -2.40. The minimum atomic E-state index is -3.64. The Kier molecular flexibility index (Phi) is 5.62. The lowest BCUT2D eigenvalue weighted by atomic mass is 9.89. The molecule has 2 aromatic rings. The molecule has 0 bridgehead atoms. The summed E-state index contributed by atoms with van der Waals surface area (Å²) in [5.41, 5.74) is 2.13. The van der Waals surface area contributed by atoms with E-state index in [1.165, 1.54) is 10.4 Å². The summed E-state index contributed by atoms with van der Waals surface area (Å²) in [5.74, 6) is 0.488. The number of sulfonamides is 1. The molecule has 1 N–H and O–H groups in total. The maximum Gasteiger partial charge on any atom is 0.243 e. The number of aryl methyl sites for hydroxylation is 1. The fourth-order valence-corrected chi connectivity index (χ4v) is 5.54. The number of rotatable bonds is 5. The van der Waals surface area contributed by atoms with Crippen LogP contribution >= 0.6 is 0 Å². The van der Waals surface area contributed by atoms with Gasteiger partial charge in [-0.05, 0) is 67.3 Å². The van der Waals surface area contributed by atoms with E-state index in [2.05, 4.69) is 5.32 Å². The zero-order valence-electron chi connectivity index (χ0n) is 16.8. The van der Waals surface area contributed by atoms with Gasteiger partial charge in [-0.2, -0.15) is 4.31 Å². The maximum absolute atomic E-state index is 13.1. The van der Waals surface area contributed by atoms with E-state index < -0.39 is 10.0 Å². The second kappa shape index (κ2) is 8.20. The van der Waals surface area contributed by atoms with Crippen LogP contribution in [0, 0.1) is 5.92 Å². The average Bonchev–Trinajstić information content (AvgIpc) is 2.78. The first-order valence-electron chi connectivity index (χ1n) is 9.99. The van der Waals surface area contributed by atoms with Crippen LogP contribution in [0.5, 0.6) is 5.75 Å². The number of amides is 1.